The van der Waals surface area contributed by atoms with Crippen molar-refractivity contribution in [2.24, 2.45) is 0 Å². The molecule has 0 spiro atoms. The lowest BCUT2D eigenvalue weighted by Gasteiger charge is -2.46. The Morgan fingerprint density at radius 3 is 2.25 bits per heavy atom. The molecule has 3 rings (SSSR count). The summed E-state index contributed by atoms with van der Waals surface area (Å²) in [6.07, 6.45) is 0.291. The monoisotopic (exact) mass is 380 g/mol. The molecule has 2 nitrogen and oxygen atoms in total. The van der Waals surface area contributed by atoms with Crippen LogP contribution in [0.1, 0.15) is 29.7 Å². The number of Topliss-reactive ketones (excluding diaryl/α,β-unsaturated/α-hetero) is 1. The lowest BCUT2D eigenvalue weighted by atomic mass is 9.96. The SMILES string of the molecule is CCOC1(Cl)C(=O)CC(c2ccccc2)SC1(Cl)c1ccccc1. The Balaban J connectivity index is 2.07. The fourth-order valence-corrected chi connectivity index (χ4v) is 5.48. The number of rotatable bonds is 4. The molecule has 1 heterocycles. The van der Waals surface area contributed by atoms with E-state index >= 15 is 0 Å². The predicted molar refractivity (Wildman–Crippen MR) is 101 cm³/mol. The van der Waals surface area contributed by atoms with Gasteiger partial charge < -0.3 is 4.74 Å². The highest BCUT2D eigenvalue weighted by molar-refractivity contribution is 8.02. The molecule has 1 aliphatic heterocycles. The van der Waals surface area contributed by atoms with Crippen LogP contribution in [0.5, 0.6) is 0 Å². The maximum Gasteiger partial charge on any atom is 0.233 e. The van der Waals surface area contributed by atoms with Crippen LogP contribution in [0.15, 0.2) is 60.7 Å². The third-order valence-electron chi connectivity index (χ3n) is 4.11. The summed E-state index contributed by atoms with van der Waals surface area (Å²) in [7, 11) is 0. The topological polar surface area (TPSA) is 26.3 Å². The molecule has 1 fully saturated rings. The molecule has 1 saturated heterocycles. The Labute approximate surface area is 156 Å². The van der Waals surface area contributed by atoms with E-state index in [1.54, 1.807) is 0 Å². The van der Waals surface area contributed by atoms with Gasteiger partial charge in [-0.05, 0) is 18.1 Å². The van der Waals surface area contributed by atoms with E-state index < -0.39 is 9.27 Å². The molecule has 126 valence electrons. The first kappa shape index (κ1) is 17.8. The van der Waals surface area contributed by atoms with E-state index in [1.165, 1.54) is 11.8 Å². The molecule has 0 saturated carbocycles. The standard InChI is InChI=1S/C19H18Cl2O2S/c1-2-23-18(20)17(22)13-16(14-9-5-3-6-10-14)24-19(18,21)15-11-7-4-8-12-15/h3-12,16H,2,13H2,1H3. The lowest BCUT2D eigenvalue weighted by Crippen LogP contribution is -2.53. The van der Waals surface area contributed by atoms with E-state index in [4.69, 9.17) is 27.9 Å². The molecule has 0 N–H and O–H groups in total. The smallest absolute Gasteiger partial charge is 0.233 e. The largest absolute Gasteiger partial charge is 0.351 e. The van der Waals surface area contributed by atoms with Crippen molar-refractivity contribution in [3.63, 3.8) is 0 Å². The quantitative estimate of drug-likeness (QED) is 0.655. The molecule has 2 aromatic rings. The molecule has 0 bridgehead atoms. The summed E-state index contributed by atoms with van der Waals surface area (Å²) in [5.74, 6) is -0.183. The zero-order valence-corrected chi connectivity index (χ0v) is 15.6. The fourth-order valence-electron chi connectivity index (χ4n) is 2.92. The van der Waals surface area contributed by atoms with Crippen molar-refractivity contribution in [2.75, 3.05) is 6.61 Å². The van der Waals surface area contributed by atoms with E-state index in [9.17, 15) is 4.79 Å². The number of thioether (sulfide) groups is 1. The zero-order valence-electron chi connectivity index (χ0n) is 13.2. The van der Waals surface area contributed by atoms with Crippen LogP contribution in [0.4, 0.5) is 0 Å². The molecule has 24 heavy (non-hydrogen) atoms. The Morgan fingerprint density at radius 1 is 1.08 bits per heavy atom. The Bertz CT molecular complexity index is 710. The minimum absolute atomic E-state index is 0.0660. The molecular weight excluding hydrogens is 363 g/mol. The van der Waals surface area contributed by atoms with E-state index in [0.717, 1.165) is 11.1 Å². The maximum absolute atomic E-state index is 12.9. The van der Waals surface area contributed by atoms with Crippen molar-refractivity contribution in [3.8, 4) is 0 Å². The minimum Gasteiger partial charge on any atom is -0.351 e. The van der Waals surface area contributed by atoms with E-state index in [0.29, 0.717) is 13.0 Å². The van der Waals surface area contributed by atoms with Gasteiger partial charge in [-0.3, -0.25) is 4.79 Å². The van der Waals surface area contributed by atoms with Crippen LogP contribution in [-0.4, -0.2) is 17.5 Å². The van der Waals surface area contributed by atoms with Crippen molar-refractivity contribution in [2.45, 2.75) is 27.9 Å². The zero-order chi connectivity index (χ0) is 17.2. The first-order valence-corrected chi connectivity index (χ1v) is 9.48. The van der Waals surface area contributed by atoms with Gasteiger partial charge in [0.05, 0.1) is 0 Å². The second-order valence-electron chi connectivity index (χ2n) is 5.63. The van der Waals surface area contributed by atoms with Gasteiger partial charge in [-0.25, -0.2) is 0 Å². The first-order valence-electron chi connectivity index (χ1n) is 7.84. The van der Waals surface area contributed by atoms with Crippen molar-refractivity contribution < 1.29 is 9.53 Å². The third-order valence-corrected chi connectivity index (χ3v) is 7.24. The van der Waals surface area contributed by atoms with Gasteiger partial charge in [0.15, 0.2) is 9.99 Å². The summed E-state index contributed by atoms with van der Waals surface area (Å²) in [4.78, 5) is 12.9. The van der Waals surface area contributed by atoms with Crippen LogP contribution >= 0.6 is 35.0 Å². The van der Waals surface area contributed by atoms with Gasteiger partial charge >= 0.3 is 0 Å². The molecule has 0 amide bonds. The summed E-state index contributed by atoms with van der Waals surface area (Å²) in [5, 5.41) is -1.65. The second kappa shape index (κ2) is 7.09. The maximum atomic E-state index is 12.9. The number of ether oxygens (including phenoxy) is 1. The van der Waals surface area contributed by atoms with Crippen LogP contribution in [-0.2, 0) is 13.7 Å². The van der Waals surface area contributed by atoms with Crippen LogP contribution < -0.4 is 0 Å². The molecular formula is C19H18Cl2O2S. The number of benzene rings is 2. The Hall–Kier alpha value is -1.00. The van der Waals surface area contributed by atoms with Gasteiger partial charge in [0, 0.05) is 18.3 Å². The average molecular weight is 381 g/mol. The number of hydrogen-bond donors (Lipinski definition) is 0. The van der Waals surface area contributed by atoms with Gasteiger partial charge in [0.1, 0.15) is 0 Å². The highest BCUT2D eigenvalue weighted by Gasteiger charge is 2.61. The van der Waals surface area contributed by atoms with Gasteiger partial charge in [-0.1, -0.05) is 83.9 Å². The predicted octanol–water partition coefficient (Wildman–Crippen LogP) is 5.50. The first-order chi connectivity index (χ1) is 11.5. The fraction of sp³-hybridized carbons (Fsp3) is 0.316. The van der Waals surface area contributed by atoms with Crippen LogP contribution in [0.25, 0.3) is 0 Å². The lowest BCUT2D eigenvalue weighted by molar-refractivity contribution is -0.136. The average Bonchev–Trinajstić information content (AvgIpc) is 2.61. The highest BCUT2D eigenvalue weighted by Crippen LogP contribution is 2.62. The minimum atomic E-state index is -1.58. The van der Waals surface area contributed by atoms with Crippen LogP contribution in [0.3, 0.4) is 0 Å². The second-order valence-corrected chi connectivity index (χ2v) is 8.37. The molecule has 0 aliphatic carbocycles. The van der Waals surface area contributed by atoms with Gasteiger partial charge in [-0.2, -0.15) is 0 Å². The molecule has 5 heteroatoms. The number of ketones is 1. The molecule has 0 radical (unpaired) electrons. The van der Waals surface area contributed by atoms with Gasteiger partial charge in [0.2, 0.25) is 5.06 Å². The summed E-state index contributed by atoms with van der Waals surface area (Å²) in [6, 6.07) is 19.4. The van der Waals surface area contributed by atoms with Crippen LogP contribution in [0, 0.1) is 0 Å². The number of alkyl halides is 2. The number of hydrogen-bond acceptors (Lipinski definition) is 3. The highest BCUT2D eigenvalue weighted by atomic mass is 35.5. The van der Waals surface area contributed by atoms with Crippen molar-refractivity contribution >= 4 is 40.7 Å². The third kappa shape index (κ3) is 2.99. The van der Waals surface area contributed by atoms with Crippen LogP contribution in [0.2, 0.25) is 0 Å². The van der Waals surface area contributed by atoms with E-state index in [-0.39, 0.29) is 11.0 Å². The van der Waals surface area contributed by atoms with Gasteiger partial charge in [-0.15, -0.1) is 11.8 Å². The van der Waals surface area contributed by atoms with Crippen molar-refractivity contribution in [1.82, 2.24) is 0 Å². The molecule has 0 aromatic heterocycles. The van der Waals surface area contributed by atoms with Gasteiger partial charge in [0.25, 0.3) is 0 Å². The Morgan fingerprint density at radius 2 is 1.67 bits per heavy atom. The van der Waals surface area contributed by atoms with E-state index in [2.05, 4.69) is 0 Å². The molecule has 3 atom stereocenters. The number of carbonyl (C=O) groups is 1. The summed E-state index contributed by atoms with van der Waals surface area (Å²) < 4.78 is 4.51. The summed E-state index contributed by atoms with van der Waals surface area (Å²) in [6.45, 7) is 2.13. The molecule has 3 unspecified atom stereocenters. The van der Waals surface area contributed by atoms with Crippen molar-refractivity contribution in [3.05, 3.63) is 71.8 Å². The molecule has 1 aliphatic rings. The number of carbonyl (C=O) groups excluding carboxylic acids is 1. The normalized spacial score (nSPS) is 30.3. The summed E-state index contributed by atoms with van der Waals surface area (Å²) >= 11 is 15.2. The van der Waals surface area contributed by atoms with E-state index in [1.807, 2.05) is 67.6 Å². The van der Waals surface area contributed by atoms with Crippen molar-refractivity contribution in [1.29, 1.82) is 0 Å². The Kier molecular flexibility index (Phi) is 5.26. The molecule has 2 aromatic carbocycles. The summed E-state index contributed by atoms with van der Waals surface area (Å²) in [5.41, 5.74) is 1.83. The number of halogens is 2.